The minimum Gasteiger partial charge on any atom is -0.462 e. The van der Waals surface area contributed by atoms with Crippen LogP contribution in [0.3, 0.4) is 0 Å². The summed E-state index contributed by atoms with van der Waals surface area (Å²) < 4.78 is 68.0. The molecule has 0 amide bonds. The van der Waals surface area contributed by atoms with E-state index in [2.05, 4.69) is 55.4 Å². The third-order valence-electron chi connectivity index (χ3n) is 14.8. The second-order valence-corrected chi connectivity index (χ2v) is 28.3. The van der Waals surface area contributed by atoms with E-state index in [1.54, 1.807) is 0 Å². The number of unbranched alkanes of at least 4 members (excludes halogenated alkanes) is 28. The number of carbonyl (C=O) groups excluding carboxylic acids is 4. The van der Waals surface area contributed by atoms with E-state index >= 15 is 0 Å². The Morgan fingerprint density at radius 3 is 0.738 bits per heavy atom. The first-order valence-electron chi connectivity index (χ1n) is 33.7. The van der Waals surface area contributed by atoms with Crippen molar-refractivity contribution in [2.45, 2.75) is 331 Å². The van der Waals surface area contributed by atoms with Crippen molar-refractivity contribution in [1.82, 2.24) is 0 Å². The van der Waals surface area contributed by atoms with Gasteiger partial charge in [-0.2, -0.15) is 0 Å². The molecule has 0 saturated heterocycles. The first-order chi connectivity index (χ1) is 40.1. The first-order valence-corrected chi connectivity index (χ1v) is 36.7. The van der Waals surface area contributed by atoms with E-state index in [1.807, 2.05) is 0 Å². The van der Waals surface area contributed by atoms with Crippen molar-refractivity contribution < 1.29 is 80.2 Å². The number of phosphoric ester groups is 2. The van der Waals surface area contributed by atoms with Crippen LogP contribution in [-0.2, 0) is 65.4 Å². The number of aliphatic hydroxyl groups is 1. The highest BCUT2D eigenvalue weighted by atomic mass is 31.2. The fraction of sp³-hybridized carbons (Fsp3) is 0.938. The van der Waals surface area contributed by atoms with Crippen LogP contribution in [0.4, 0.5) is 0 Å². The van der Waals surface area contributed by atoms with Gasteiger partial charge in [0.25, 0.3) is 0 Å². The summed E-state index contributed by atoms with van der Waals surface area (Å²) in [5.74, 6) is 0.699. The fourth-order valence-corrected chi connectivity index (χ4v) is 11.2. The number of rotatable bonds is 62. The molecule has 0 aromatic carbocycles. The standard InChI is InChI=1S/C65H126O17P2/c1-55(2)41-33-25-17-14-12-10-9-11-13-15-19-31-39-47-64(69)81-60(51-75-62(67)45-37-29-23-21-27-35-43-57(5)6)53-79-83(71,72)77-49-59(66)50-78-84(73,74)80-54-61(52-76-63(68)46-38-30-24-22-28-36-44-58(7)8)82-65(70)48-40-32-20-16-18-26-34-42-56(3)4/h55-61,66H,9-54H2,1-8H3,(H,71,72)(H,73,74)/t59-,60-,61-/m1/s1. The van der Waals surface area contributed by atoms with Gasteiger partial charge in [0, 0.05) is 25.7 Å². The maximum Gasteiger partial charge on any atom is 0.472 e. The molecule has 0 aromatic heterocycles. The molecule has 0 saturated carbocycles. The molecule has 0 radical (unpaired) electrons. The average molecular weight is 1240 g/mol. The Balaban J connectivity index is 5.21. The topological polar surface area (TPSA) is 237 Å². The van der Waals surface area contributed by atoms with Gasteiger partial charge >= 0.3 is 39.5 Å². The SMILES string of the molecule is CC(C)CCCCCCCCCCCCCCCC(=O)O[C@H](COC(=O)CCCCCCCCC(C)C)COP(=O)(O)OC[C@@H](O)COP(=O)(O)OC[C@@H](COC(=O)CCCCCCCCC(C)C)OC(=O)CCCCCCCCCC(C)C. The lowest BCUT2D eigenvalue weighted by molar-refractivity contribution is -0.161. The molecule has 84 heavy (non-hydrogen) atoms. The summed E-state index contributed by atoms with van der Waals surface area (Å²) in [6.07, 6.45) is 35.2. The Morgan fingerprint density at radius 1 is 0.298 bits per heavy atom. The van der Waals surface area contributed by atoms with Crippen LogP contribution < -0.4 is 0 Å². The molecule has 498 valence electrons. The second kappa shape index (κ2) is 55.2. The van der Waals surface area contributed by atoms with Crippen molar-refractivity contribution in [3.63, 3.8) is 0 Å². The van der Waals surface area contributed by atoms with Gasteiger partial charge in [0.1, 0.15) is 19.3 Å². The molecular weight excluding hydrogens is 1110 g/mol. The van der Waals surface area contributed by atoms with Crippen LogP contribution in [0.2, 0.25) is 0 Å². The van der Waals surface area contributed by atoms with Gasteiger partial charge in [0.15, 0.2) is 12.2 Å². The van der Waals surface area contributed by atoms with Crippen LogP contribution in [0, 0.1) is 23.7 Å². The highest BCUT2D eigenvalue weighted by Gasteiger charge is 2.30. The van der Waals surface area contributed by atoms with Crippen LogP contribution in [0.5, 0.6) is 0 Å². The maximum absolute atomic E-state index is 13.0. The van der Waals surface area contributed by atoms with Gasteiger partial charge in [-0.25, -0.2) is 9.13 Å². The van der Waals surface area contributed by atoms with Crippen molar-refractivity contribution >= 4 is 39.5 Å². The number of hydrogen-bond donors (Lipinski definition) is 3. The number of carbonyl (C=O) groups is 4. The van der Waals surface area contributed by atoms with Gasteiger partial charge in [0.2, 0.25) is 0 Å². The predicted molar refractivity (Wildman–Crippen MR) is 335 cm³/mol. The molecule has 0 spiro atoms. The lowest BCUT2D eigenvalue weighted by Gasteiger charge is -2.21. The Morgan fingerprint density at radius 2 is 0.500 bits per heavy atom. The average Bonchev–Trinajstić information content (AvgIpc) is 3.44. The van der Waals surface area contributed by atoms with Gasteiger partial charge < -0.3 is 33.8 Å². The molecule has 0 heterocycles. The van der Waals surface area contributed by atoms with Crippen LogP contribution >= 0.6 is 15.6 Å². The normalized spacial score (nSPS) is 14.4. The van der Waals surface area contributed by atoms with Crippen molar-refractivity contribution in [1.29, 1.82) is 0 Å². The number of esters is 4. The summed E-state index contributed by atoms with van der Waals surface area (Å²) in [6.45, 7) is 13.9. The summed E-state index contributed by atoms with van der Waals surface area (Å²) in [5.41, 5.74) is 0. The molecule has 0 aromatic rings. The maximum atomic E-state index is 13.0. The fourth-order valence-electron chi connectivity index (χ4n) is 9.61. The van der Waals surface area contributed by atoms with E-state index in [4.69, 9.17) is 37.0 Å². The highest BCUT2D eigenvalue weighted by molar-refractivity contribution is 7.47. The first kappa shape index (κ1) is 82.1. The second-order valence-electron chi connectivity index (χ2n) is 25.4. The van der Waals surface area contributed by atoms with Crippen molar-refractivity contribution in [3.8, 4) is 0 Å². The van der Waals surface area contributed by atoms with E-state index in [0.29, 0.717) is 43.4 Å². The van der Waals surface area contributed by atoms with Crippen molar-refractivity contribution in [2.75, 3.05) is 39.6 Å². The van der Waals surface area contributed by atoms with Crippen molar-refractivity contribution in [2.24, 2.45) is 23.7 Å². The zero-order valence-electron chi connectivity index (χ0n) is 54.5. The van der Waals surface area contributed by atoms with Crippen LogP contribution in [0.1, 0.15) is 312 Å². The number of aliphatic hydroxyl groups excluding tert-OH is 1. The number of ether oxygens (including phenoxy) is 4. The van der Waals surface area contributed by atoms with E-state index in [0.717, 1.165) is 109 Å². The van der Waals surface area contributed by atoms with Crippen LogP contribution in [-0.4, -0.2) is 96.7 Å². The summed E-state index contributed by atoms with van der Waals surface area (Å²) >= 11 is 0. The summed E-state index contributed by atoms with van der Waals surface area (Å²) in [4.78, 5) is 72.2. The summed E-state index contributed by atoms with van der Waals surface area (Å²) in [5, 5.41) is 10.5. The molecule has 5 atom stereocenters. The minimum atomic E-state index is -4.95. The largest absolute Gasteiger partial charge is 0.472 e. The molecule has 0 aliphatic rings. The minimum absolute atomic E-state index is 0.102. The van der Waals surface area contributed by atoms with E-state index in [1.165, 1.54) is 103 Å². The van der Waals surface area contributed by atoms with E-state index in [9.17, 15) is 43.2 Å². The van der Waals surface area contributed by atoms with Gasteiger partial charge in [-0.3, -0.25) is 37.3 Å². The smallest absolute Gasteiger partial charge is 0.462 e. The predicted octanol–water partition coefficient (Wildman–Crippen LogP) is 17.8. The third-order valence-corrected chi connectivity index (χ3v) is 16.7. The highest BCUT2D eigenvalue weighted by Crippen LogP contribution is 2.45. The molecule has 0 bridgehead atoms. The lowest BCUT2D eigenvalue weighted by Crippen LogP contribution is -2.30. The Kier molecular flexibility index (Phi) is 53.9. The molecule has 3 N–H and O–H groups in total. The quantitative estimate of drug-likeness (QED) is 0.0222. The summed E-state index contributed by atoms with van der Waals surface area (Å²) in [7, 11) is -9.89. The monoisotopic (exact) mass is 1240 g/mol. The zero-order chi connectivity index (χ0) is 62.5. The molecule has 0 aliphatic heterocycles. The molecular formula is C65H126O17P2. The van der Waals surface area contributed by atoms with E-state index < -0.39 is 97.5 Å². The van der Waals surface area contributed by atoms with Crippen LogP contribution in [0.15, 0.2) is 0 Å². The zero-order valence-corrected chi connectivity index (χ0v) is 56.3. The van der Waals surface area contributed by atoms with Gasteiger partial charge in [-0.1, -0.05) is 261 Å². The van der Waals surface area contributed by atoms with Crippen LogP contribution in [0.25, 0.3) is 0 Å². The Hall–Kier alpha value is -1.94. The number of phosphoric acid groups is 2. The molecule has 19 heteroatoms. The molecule has 0 rings (SSSR count). The molecule has 2 unspecified atom stereocenters. The van der Waals surface area contributed by atoms with Gasteiger partial charge in [-0.15, -0.1) is 0 Å². The molecule has 0 aliphatic carbocycles. The Labute approximate surface area is 511 Å². The molecule has 0 fully saturated rings. The third kappa shape index (κ3) is 59.0. The van der Waals surface area contributed by atoms with Gasteiger partial charge in [-0.05, 0) is 49.4 Å². The van der Waals surface area contributed by atoms with Crippen molar-refractivity contribution in [3.05, 3.63) is 0 Å². The molecule has 17 nitrogen and oxygen atoms in total. The number of hydrogen-bond acceptors (Lipinski definition) is 15. The van der Waals surface area contributed by atoms with Gasteiger partial charge in [0.05, 0.1) is 26.4 Å². The summed E-state index contributed by atoms with van der Waals surface area (Å²) in [6, 6.07) is 0. The lowest BCUT2D eigenvalue weighted by atomic mass is 10.0. The van der Waals surface area contributed by atoms with E-state index in [-0.39, 0.29) is 25.7 Å². The Bertz CT molecular complexity index is 1680.